The van der Waals surface area contributed by atoms with Crippen LogP contribution in [-0.2, 0) is 0 Å². The Hall–Kier alpha value is -1.04. The summed E-state index contributed by atoms with van der Waals surface area (Å²) < 4.78 is 0. The van der Waals surface area contributed by atoms with Gasteiger partial charge in [0.05, 0.1) is 0 Å². The standard InChI is InChI=1S/C23H34/c1-2-6-19-9-11-20(12-10-19)13-14-21-15-17-23(18-16-21)22-7-4-3-5-8-22/h13-20,22H,2-12H2,1H3. The average Bonchev–Trinajstić information content (AvgIpc) is 2.63. The van der Waals surface area contributed by atoms with E-state index in [9.17, 15) is 0 Å². The van der Waals surface area contributed by atoms with Crippen LogP contribution in [0.15, 0.2) is 30.3 Å². The number of rotatable bonds is 5. The lowest BCUT2D eigenvalue weighted by Crippen LogP contribution is -2.12. The third-order valence-electron chi connectivity index (χ3n) is 6.16. The summed E-state index contributed by atoms with van der Waals surface area (Å²) in [7, 11) is 0. The first kappa shape index (κ1) is 16.8. The molecular formula is C23H34. The summed E-state index contributed by atoms with van der Waals surface area (Å²) in [5, 5.41) is 0. The second-order valence-corrected chi connectivity index (χ2v) is 7.93. The van der Waals surface area contributed by atoms with Gasteiger partial charge in [-0.25, -0.2) is 0 Å². The lowest BCUT2D eigenvalue weighted by Gasteiger charge is -2.26. The Labute approximate surface area is 143 Å². The molecule has 0 heteroatoms. The van der Waals surface area contributed by atoms with E-state index in [4.69, 9.17) is 0 Å². The monoisotopic (exact) mass is 310 g/mol. The second kappa shape index (κ2) is 8.71. The van der Waals surface area contributed by atoms with Crippen LogP contribution in [0.1, 0.15) is 94.6 Å². The Morgan fingerprint density at radius 3 is 2.22 bits per heavy atom. The Morgan fingerprint density at radius 2 is 1.57 bits per heavy atom. The Balaban J connectivity index is 1.50. The van der Waals surface area contributed by atoms with E-state index in [0.29, 0.717) is 0 Å². The lowest BCUT2D eigenvalue weighted by atomic mass is 9.80. The van der Waals surface area contributed by atoms with Crippen LogP contribution in [-0.4, -0.2) is 0 Å². The zero-order valence-electron chi connectivity index (χ0n) is 15.0. The molecule has 0 saturated heterocycles. The highest BCUT2D eigenvalue weighted by Gasteiger charge is 2.18. The van der Waals surface area contributed by atoms with E-state index in [1.165, 1.54) is 76.2 Å². The molecule has 0 aliphatic heterocycles. The van der Waals surface area contributed by atoms with Gasteiger partial charge in [0.2, 0.25) is 0 Å². The van der Waals surface area contributed by atoms with Crippen molar-refractivity contribution in [2.75, 3.05) is 0 Å². The molecule has 1 aromatic carbocycles. The van der Waals surface area contributed by atoms with E-state index < -0.39 is 0 Å². The predicted molar refractivity (Wildman–Crippen MR) is 102 cm³/mol. The molecule has 0 radical (unpaired) electrons. The van der Waals surface area contributed by atoms with Crippen molar-refractivity contribution in [3.8, 4) is 0 Å². The maximum absolute atomic E-state index is 2.48. The molecule has 0 atom stereocenters. The molecule has 2 saturated carbocycles. The first-order valence-electron chi connectivity index (χ1n) is 10.1. The molecular weight excluding hydrogens is 276 g/mol. The van der Waals surface area contributed by atoms with Gasteiger partial charge in [0.1, 0.15) is 0 Å². The molecule has 2 fully saturated rings. The summed E-state index contributed by atoms with van der Waals surface area (Å²) in [5.74, 6) is 2.66. The molecule has 0 unspecified atom stereocenters. The second-order valence-electron chi connectivity index (χ2n) is 7.93. The molecule has 2 aliphatic carbocycles. The molecule has 3 rings (SSSR count). The van der Waals surface area contributed by atoms with Crippen molar-refractivity contribution in [2.24, 2.45) is 11.8 Å². The van der Waals surface area contributed by atoms with Crippen LogP contribution in [0.3, 0.4) is 0 Å². The number of hydrogen-bond donors (Lipinski definition) is 0. The maximum Gasteiger partial charge on any atom is -0.0162 e. The third kappa shape index (κ3) is 4.96. The van der Waals surface area contributed by atoms with Gasteiger partial charge in [0, 0.05) is 0 Å². The van der Waals surface area contributed by atoms with Crippen molar-refractivity contribution in [2.45, 2.75) is 83.5 Å². The summed E-state index contributed by atoms with van der Waals surface area (Å²) in [5.41, 5.74) is 2.96. The van der Waals surface area contributed by atoms with Gasteiger partial charge < -0.3 is 0 Å². The predicted octanol–water partition coefficient (Wildman–Crippen LogP) is 7.35. The highest BCUT2D eigenvalue weighted by atomic mass is 14.2. The molecule has 0 aromatic heterocycles. The van der Waals surface area contributed by atoms with Crippen molar-refractivity contribution in [1.82, 2.24) is 0 Å². The minimum Gasteiger partial charge on any atom is -0.0808 e. The van der Waals surface area contributed by atoms with E-state index in [1.54, 1.807) is 5.56 Å². The van der Waals surface area contributed by atoms with Gasteiger partial charge in [-0.2, -0.15) is 0 Å². The summed E-state index contributed by atoms with van der Waals surface area (Å²) in [4.78, 5) is 0. The molecule has 2 aliphatic rings. The summed E-state index contributed by atoms with van der Waals surface area (Å²) in [6, 6.07) is 9.44. The van der Waals surface area contributed by atoms with Crippen LogP contribution in [0, 0.1) is 11.8 Å². The zero-order chi connectivity index (χ0) is 15.9. The highest BCUT2D eigenvalue weighted by Crippen LogP contribution is 2.34. The van der Waals surface area contributed by atoms with E-state index in [0.717, 1.165) is 17.8 Å². The van der Waals surface area contributed by atoms with Crippen LogP contribution in [0.4, 0.5) is 0 Å². The van der Waals surface area contributed by atoms with Gasteiger partial charge in [-0.05, 0) is 67.4 Å². The Kier molecular flexibility index (Phi) is 6.37. The van der Waals surface area contributed by atoms with Crippen molar-refractivity contribution in [3.63, 3.8) is 0 Å². The summed E-state index contributed by atoms with van der Waals surface area (Å²) in [6.45, 7) is 2.32. The quantitative estimate of drug-likeness (QED) is 0.533. The molecule has 126 valence electrons. The van der Waals surface area contributed by atoms with Gasteiger partial charge in [-0.3, -0.25) is 0 Å². The van der Waals surface area contributed by atoms with E-state index >= 15 is 0 Å². The molecule has 1 aromatic rings. The van der Waals surface area contributed by atoms with Gasteiger partial charge >= 0.3 is 0 Å². The third-order valence-corrected chi connectivity index (χ3v) is 6.16. The molecule has 0 amide bonds. The van der Waals surface area contributed by atoms with Gasteiger partial charge in [-0.1, -0.05) is 75.4 Å². The highest BCUT2D eigenvalue weighted by molar-refractivity contribution is 5.50. The number of allylic oxidation sites excluding steroid dienone is 1. The van der Waals surface area contributed by atoms with Crippen molar-refractivity contribution >= 4 is 6.08 Å². The molecule has 0 spiro atoms. The zero-order valence-corrected chi connectivity index (χ0v) is 15.0. The Bertz CT molecular complexity index is 467. The average molecular weight is 311 g/mol. The van der Waals surface area contributed by atoms with Gasteiger partial charge in [-0.15, -0.1) is 0 Å². The Morgan fingerprint density at radius 1 is 0.870 bits per heavy atom. The first-order valence-corrected chi connectivity index (χ1v) is 10.1. The van der Waals surface area contributed by atoms with Gasteiger partial charge in [0.25, 0.3) is 0 Å². The summed E-state index contributed by atoms with van der Waals surface area (Å²) >= 11 is 0. The number of hydrogen-bond acceptors (Lipinski definition) is 0. The molecule has 23 heavy (non-hydrogen) atoms. The van der Waals surface area contributed by atoms with Crippen LogP contribution in [0.25, 0.3) is 6.08 Å². The fraction of sp³-hybridized carbons (Fsp3) is 0.652. The SMILES string of the molecule is CCCC1CCC(C=Cc2ccc(C3CCCCC3)cc2)CC1. The number of benzene rings is 1. The normalized spacial score (nSPS) is 26.7. The molecule has 0 nitrogen and oxygen atoms in total. The fourth-order valence-corrected chi connectivity index (χ4v) is 4.64. The van der Waals surface area contributed by atoms with E-state index in [1.807, 2.05) is 0 Å². The molecule has 0 N–H and O–H groups in total. The van der Waals surface area contributed by atoms with E-state index in [-0.39, 0.29) is 0 Å². The van der Waals surface area contributed by atoms with Crippen LogP contribution < -0.4 is 0 Å². The minimum atomic E-state index is 0.820. The molecule has 0 heterocycles. The largest absolute Gasteiger partial charge is 0.0808 e. The van der Waals surface area contributed by atoms with Gasteiger partial charge in [0.15, 0.2) is 0 Å². The lowest BCUT2D eigenvalue weighted by molar-refractivity contribution is 0.295. The first-order chi connectivity index (χ1) is 11.3. The minimum absolute atomic E-state index is 0.820. The topological polar surface area (TPSA) is 0 Å². The van der Waals surface area contributed by atoms with Crippen LogP contribution in [0.2, 0.25) is 0 Å². The fourth-order valence-electron chi connectivity index (χ4n) is 4.64. The van der Waals surface area contributed by atoms with E-state index in [2.05, 4.69) is 43.3 Å². The van der Waals surface area contributed by atoms with Crippen molar-refractivity contribution in [3.05, 3.63) is 41.5 Å². The summed E-state index contributed by atoms with van der Waals surface area (Å²) in [6.07, 6.45) is 20.4. The van der Waals surface area contributed by atoms with Crippen molar-refractivity contribution in [1.29, 1.82) is 0 Å². The van der Waals surface area contributed by atoms with Crippen LogP contribution >= 0.6 is 0 Å². The van der Waals surface area contributed by atoms with Crippen LogP contribution in [0.5, 0.6) is 0 Å². The maximum atomic E-state index is 2.48. The smallest absolute Gasteiger partial charge is 0.0162 e. The van der Waals surface area contributed by atoms with Crippen molar-refractivity contribution < 1.29 is 0 Å². The molecule has 0 bridgehead atoms.